The van der Waals surface area contributed by atoms with E-state index in [1.54, 1.807) is 4.90 Å². The highest BCUT2D eigenvalue weighted by atomic mass is 16.6. The summed E-state index contributed by atoms with van der Waals surface area (Å²) in [5.41, 5.74) is -1.10. The monoisotopic (exact) mass is 299 g/mol. The van der Waals surface area contributed by atoms with Crippen molar-refractivity contribution in [3.63, 3.8) is 0 Å². The second-order valence-corrected chi connectivity index (χ2v) is 7.85. The molecule has 1 spiro atoms. The molecule has 2 fully saturated rings. The van der Waals surface area contributed by atoms with Gasteiger partial charge in [-0.3, -0.25) is 0 Å². The molecule has 1 saturated carbocycles. The highest BCUT2D eigenvalue weighted by Crippen LogP contribution is 2.47. The summed E-state index contributed by atoms with van der Waals surface area (Å²) in [5.74, 6) is 0. The van der Waals surface area contributed by atoms with Crippen LogP contribution in [0.2, 0.25) is 0 Å². The van der Waals surface area contributed by atoms with Gasteiger partial charge in [-0.2, -0.15) is 0 Å². The Morgan fingerprint density at radius 2 is 1.62 bits per heavy atom. The largest absolute Gasteiger partial charge is 0.444 e. The van der Waals surface area contributed by atoms with Crippen molar-refractivity contribution in [2.45, 2.75) is 70.5 Å². The second-order valence-electron chi connectivity index (χ2n) is 7.85. The zero-order valence-electron chi connectivity index (χ0n) is 13.5. The highest BCUT2D eigenvalue weighted by Gasteiger charge is 2.43. The Morgan fingerprint density at radius 3 is 2.05 bits per heavy atom. The predicted molar refractivity (Wildman–Crippen MR) is 80.0 cm³/mol. The fraction of sp³-hybridized carbons (Fsp3) is 0.938. The maximum Gasteiger partial charge on any atom is 0.410 e. The minimum absolute atomic E-state index is 0.146. The average molecular weight is 299 g/mol. The second kappa shape index (κ2) is 5.76. The highest BCUT2D eigenvalue weighted by molar-refractivity contribution is 5.68. The molecule has 5 nitrogen and oxygen atoms in total. The molecule has 1 aliphatic carbocycles. The Labute approximate surface area is 127 Å². The minimum Gasteiger partial charge on any atom is -0.444 e. The number of rotatable bonds is 1. The van der Waals surface area contributed by atoms with Crippen LogP contribution in [0.5, 0.6) is 0 Å². The van der Waals surface area contributed by atoms with Crippen molar-refractivity contribution < 1.29 is 19.7 Å². The first kappa shape index (κ1) is 16.6. The predicted octanol–water partition coefficient (Wildman–Crippen LogP) is 2.30. The van der Waals surface area contributed by atoms with Crippen molar-refractivity contribution in [1.29, 1.82) is 0 Å². The van der Waals surface area contributed by atoms with Gasteiger partial charge in [0.25, 0.3) is 0 Å². The minimum atomic E-state index is -0.881. The maximum absolute atomic E-state index is 12.1. The summed E-state index contributed by atoms with van der Waals surface area (Å²) in [4.78, 5) is 13.9. The molecule has 0 atom stereocenters. The van der Waals surface area contributed by atoms with Crippen LogP contribution in [-0.4, -0.2) is 52.1 Å². The Morgan fingerprint density at radius 1 is 1.10 bits per heavy atom. The Hall–Kier alpha value is -0.810. The van der Waals surface area contributed by atoms with E-state index < -0.39 is 11.2 Å². The summed E-state index contributed by atoms with van der Waals surface area (Å²) in [7, 11) is 0. The lowest BCUT2D eigenvalue weighted by molar-refractivity contribution is -0.0811. The lowest BCUT2D eigenvalue weighted by Crippen LogP contribution is -2.49. The van der Waals surface area contributed by atoms with Crippen LogP contribution in [0.15, 0.2) is 0 Å². The quantitative estimate of drug-likeness (QED) is 0.779. The first-order valence-electron chi connectivity index (χ1n) is 7.98. The van der Waals surface area contributed by atoms with E-state index in [9.17, 15) is 15.0 Å². The Kier molecular flexibility index (Phi) is 4.54. The summed E-state index contributed by atoms with van der Waals surface area (Å²) >= 11 is 0. The third kappa shape index (κ3) is 4.10. The van der Waals surface area contributed by atoms with Gasteiger partial charge in [-0.15, -0.1) is 0 Å². The van der Waals surface area contributed by atoms with E-state index in [0.717, 1.165) is 38.8 Å². The molecule has 2 N–H and O–H groups in total. The fourth-order valence-electron chi connectivity index (χ4n) is 3.39. The molecule has 1 saturated heterocycles. The van der Waals surface area contributed by atoms with Gasteiger partial charge in [0.05, 0.1) is 12.2 Å². The van der Waals surface area contributed by atoms with Crippen LogP contribution in [0.3, 0.4) is 0 Å². The van der Waals surface area contributed by atoms with Crippen molar-refractivity contribution in [2.75, 3.05) is 19.7 Å². The van der Waals surface area contributed by atoms with Crippen LogP contribution in [0.25, 0.3) is 0 Å². The molecular formula is C16H29NO4. The van der Waals surface area contributed by atoms with E-state index in [0.29, 0.717) is 12.8 Å². The van der Waals surface area contributed by atoms with Crippen LogP contribution in [0.1, 0.15) is 59.3 Å². The average Bonchev–Trinajstić information content (AvgIpc) is 2.42. The number of carbonyl (C=O) groups excluding carboxylic acids is 1. The number of aliphatic hydroxyl groups excluding tert-OH is 1. The summed E-state index contributed by atoms with van der Waals surface area (Å²) in [6.45, 7) is 6.96. The van der Waals surface area contributed by atoms with E-state index in [1.807, 2.05) is 20.8 Å². The number of hydrogen-bond acceptors (Lipinski definition) is 4. The van der Waals surface area contributed by atoms with Gasteiger partial charge >= 0.3 is 6.09 Å². The maximum atomic E-state index is 12.1. The molecule has 0 aromatic rings. The fourth-order valence-corrected chi connectivity index (χ4v) is 3.39. The number of aliphatic hydroxyl groups is 2. The molecule has 1 amide bonds. The number of likely N-dealkylation sites (tertiary alicyclic amines) is 1. The Bertz CT molecular complexity index is 370. The summed E-state index contributed by atoms with van der Waals surface area (Å²) in [5, 5.41) is 19.4. The molecule has 2 aliphatic rings. The lowest BCUT2D eigenvalue weighted by atomic mass is 9.64. The molecule has 21 heavy (non-hydrogen) atoms. The molecule has 0 unspecified atom stereocenters. The van der Waals surface area contributed by atoms with Crippen LogP contribution in [0.4, 0.5) is 4.79 Å². The summed E-state index contributed by atoms with van der Waals surface area (Å²) < 4.78 is 5.42. The van der Waals surface area contributed by atoms with Gasteiger partial charge in [-0.25, -0.2) is 4.79 Å². The molecule has 0 bridgehead atoms. The van der Waals surface area contributed by atoms with Gasteiger partial charge in [0.2, 0.25) is 0 Å². The zero-order chi connectivity index (χ0) is 15.7. The van der Waals surface area contributed by atoms with Gasteiger partial charge in [0, 0.05) is 13.1 Å². The molecule has 5 heteroatoms. The standard InChI is InChI=1S/C16H29NO4/c1-14(2,3)21-13(19)17-10-8-15(9-11-17)4-6-16(20,12-18)7-5-15/h18,20H,4-12H2,1-3H3. The molecule has 1 aliphatic heterocycles. The van der Waals surface area contributed by atoms with E-state index in [4.69, 9.17) is 4.74 Å². The van der Waals surface area contributed by atoms with E-state index in [-0.39, 0.29) is 18.1 Å². The smallest absolute Gasteiger partial charge is 0.410 e. The zero-order valence-corrected chi connectivity index (χ0v) is 13.5. The number of nitrogens with zero attached hydrogens (tertiary/aromatic N) is 1. The number of amides is 1. The van der Waals surface area contributed by atoms with Crippen LogP contribution in [0, 0.1) is 5.41 Å². The molecule has 1 heterocycles. The van der Waals surface area contributed by atoms with E-state index in [2.05, 4.69) is 0 Å². The van der Waals surface area contributed by atoms with Gasteiger partial charge in [-0.05, 0) is 64.7 Å². The molecular weight excluding hydrogens is 270 g/mol. The van der Waals surface area contributed by atoms with Crippen molar-refractivity contribution in [3.05, 3.63) is 0 Å². The van der Waals surface area contributed by atoms with E-state index >= 15 is 0 Å². The first-order chi connectivity index (χ1) is 9.67. The third-order valence-electron chi connectivity index (χ3n) is 5.01. The first-order valence-corrected chi connectivity index (χ1v) is 7.98. The third-order valence-corrected chi connectivity index (χ3v) is 5.01. The summed E-state index contributed by atoms with van der Waals surface area (Å²) in [6.07, 6.45) is 4.91. The molecule has 0 aromatic carbocycles. The van der Waals surface area contributed by atoms with Crippen LogP contribution < -0.4 is 0 Å². The molecule has 2 rings (SSSR count). The van der Waals surface area contributed by atoms with Gasteiger partial charge in [0.15, 0.2) is 0 Å². The van der Waals surface area contributed by atoms with Crippen LogP contribution >= 0.6 is 0 Å². The van der Waals surface area contributed by atoms with Crippen LogP contribution in [-0.2, 0) is 4.74 Å². The number of carbonyl (C=O) groups is 1. The topological polar surface area (TPSA) is 70.0 Å². The molecule has 122 valence electrons. The summed E-state index contributed by atoms with van der Waals surface area (Å²) in [6, 6.07) is 0. The van der Waals surface area contributed by atoms with Crippen molar-refractivity contribution >= 4 is 6.09 Å². The van der Waals surface area contributed by atoms with E-state index in [1.165, 1.54) is 0 Å². The number of hydrogen-bond donors (Lipinski definition) is 2. The lowest BCUT2D eigenvalue weighted by Gasteiger charge is -2.47. The normalized spacial score (nSPS) is 24.9. The van der Waals surface area contributed by atoms with Crippen molar-refractivity contribution in [2.24, 2.45) is 5.41 Å². The number of piperidine rings is 1. The SMILES string of the molecule is CC(C)(C)OC(=O)N1CCC2(CC1)CCC(O)(CO)CC2. The number of ether oxygens (including phenoxy) is 1. The molecule has 0 radical (unpaired) electrons. The van der Waals surface area contributed by atoms with Crippen molar-refractivity contribution in [3.8, 4) is 0 Å². The van der Waals surface area contributed by atoms with Gasteiger partial charge in [-0.1, -0.05) is 0 Å². The Balaban J connectivity index is 1.85. The van der Waals surface area contributed by atoms with Gasteiger partial charge in [0.1, 0.15) is 5.60 Å². The van der Waals surface area contributed by atoms with Gasteiger partial charge < -0.3 is 19.8 Å². The molecule has 0 aromatic heterocycles. The van der Waals surface area contributed by atoms with Crippen molar-refractivity contribution in [1.82, 2.24) is 4.90 Å².